The van der Waals surface area contributed by atoms with Gasteiger partial charge >= 0.3 is 0 Å². The fraction of sp³-hybridized carbons (Fsp3) is 0.333. The molecule has 0 N–H and O–H groups in total. The van der Waals surface area contributed by atoms with E-state index in [0.29, 0.717) is 13.2 Å². The van der Waals surface area contributed by atoms with Crippen LogP contribution in [-0.2, 0) is 17.8 Å². The number of nitrogens with zero attached hydrogens (tertiary/aromatic N) is 2. The Hall–Kier alpha value is -1.40. The van der Waals surface area contributed by atoms with Gasteiger partial charge in [-0.3, -0.25) is 4.98 Å². The summed E-state index contributed by atoms with van der Waals surface area (Å²) in [7, 11) is 0. The largest absolute Gasteiger partial charge is 0.375 e. The first kappa shape index (κ1) is 7.26. The zero-order chi connectivity index (χ0) is 8.39. The summed E-state index contributed by atoms with van der Waals surface area (Å²) in [4.78, 5) is 4.15. The number of pyridine rings is 1. The van der Waals surface area contributed by atoms with Gasteiger partial charge < -0.3 is 4.74 Å². The molecule has 2 heterocycles. The average molecular weight is 160 g/mol. The summed E-state index contributed by atoms with van der Waals surface area (Å²) in [5.74, 6) is 0. The maximum absolute atomic E-state index is 8.78. The number of rotatable bonds is 0. The van der Waals surface area contributed by atoms with Crippen LogP contribution in [0.4, 0.5) is 0 Å². The first-order chi connectivity index (χ1) is 5.92. The van der Waals surface area contributed by atoms with E-state index in [1.807, 2.05) is 0 Å². The van der Waals surface area contributed by atoms with Gasteiger partial charge in [-0.2, -0.15) is 5.26 Å². The number of nitriles is 1. The van der Waals surface area contributed by atoms with Gasteiger partial charge in [0.05, 0.1) is 30.5 Å². The Morgan fingerprint density at radius 1 is 1.58 bits per heavy atom. The molecule has 1 aliphatic heterocycles. The van der Waals surface area contributed by atoms with Crippen LogP contribution < -0.4 is 0 Å². The van der Waals surface area contributed by atoms with Gasteiger partial charge in [-0.15, -0.1) is 0 Å². The molecule has 0 bridgehead atoms. The molecule has 0 atom stereocenters. The molecule has 0 unspecified atom stereocenters. The van der Waals surface area contributed by atoms with Crippen LogP contribution >= 0.6 is 0 Å². The third-order valence-electron chi connectivity index (χ3n) is 2.00. The van der Waals surface area contributed by atoms with E-state index in [-0.39, 0.29) is 0 Å². The monoisotopic (exact) mass is 160 g/mol. The smallest absolute Gasteiger partial charge is 0.0995 e. The van der Waals surface area contributed by atoms with Crippen LogP contribution in [-0.4, -0.2) is 11.6 Å². The van der Waals surface area contributed by atoms with Gasteiger partial charge in [0.15, 0.2) is 0 Å². The van der Waals surface area contributed by atoms with Crippen molar-refractivity contribution in [1.29, 1.82) is 5.26 Å². The maximum Gasteiger partial charge on any atom is 0.0995 e. The van der Waals surface area contributed by atoms with E-state index in [9.17, 15) is 0 Å². The molecule has 1 aromatic heterocycles. The molecule has 0 fully saturated rings. The van der Waals surface area contributed by atoms with Gasteiger partial charge in [0.1, 0.15) is 0 Å². The van der Waals surface area contributed by atoms with Crippen molar-refractivity contribution in [2.45, 2.75) is 13.0 Å². The molecule has 0 aromatic carbocycles. The van der Waals surface area contributed by atoms with Crippen molar-refractivity contribution < 1.29 is 4.74 Å². The molecule has 0 radical (unpaired) electrons. The predicted molar refractivity (Wildman–Crippen MR) is 42.3 cm³/mol. The summed E-state index contributed by atoms with van der Waals surface area (Å²) in [6.45, 7) is 1.25. The van der Waals surface area contributed by atoms with Gasteiger partial charge in [0.2, 0.25) is 0 Å². The van der Waals surface area contributed by atoms with Gasteiger partial charge in [-0.1, -0.05) is 0 Å². The number of fused-ring (bicyclic) bond motifs is 1. The molecule has 12 heavy (non-hydrogen) atoms. The Balaban J connectivity index is 2.53. The Labute approximate surface area is 70.6 Å². The van der Waals surface area contributed by atoms with E-state index in [2.05, 4.69) is 11.1 Å². The zero-order valence-corrected chi connectivity index (χ0v) is 6.58. The molecule has 1 aliphatic rings. The molecule has 1 aromatic rings. The van der Waals surface area contributed by atoms with Gasteiger partial charge in [0.25, 0.3) is 0 Å². The number of ether oxygens (including phenoxy) is 1. The molecule has 0 saturated carbocycles. The quantitative estimate of drug-likeness (QED) is 0.569. The summed E-state index contributed by atoms with van der Waals surface area (Å²) in [5.41, 5.74) is 2.72. The van der Waals surface area contributed by atoms with Gasteiger partial charge in [-0.05, 0) is 18.1 Å². The average Bonchev–Trinajstić information content (AvgIpc) is 2.17. The second-order valence-corrected chi connectivity index (χ2v) is 2.70. The lowest BCUT2D eigenvalue weighted by molar-refractivity contribution is 0.107. The highest BCUT2D eigenvalue weighted by Crippen LogP contribution is 2.17. The van der Waals surface area contributed by atoms with Crippen molar-refractivity contribution in [1.82, 2.24) is 4.98 Å². The summed E-state index contributed by atoms with van der Waals surface area (Å²) in [5, 5.41) is 8.78. The third kappa shape index (κ3) is 1.06. The Morgan fingerprint density at radius 3 is 3.33 bits per heavy atom. The Morgan fingerprint density at radius 2 is 2.50 bits per heavy atom. The summed E-state index contributed by atoms with van der Waals surface area (Å²) >= 11 is 0. The van der Waals surface area contributed by atoms with Crippen LogP contribution in [0, 0.1) is 11.3 Å². The van der Waals surface area contributed by atoms with Gasteiger partial charge in [-0.25, -0.2) is 0 Å². The van der Waals surface area contributed by atoms with Gasteiger partial charge in [0, 0.05) is 6.20 Å². The van der Waals surface area contributed by atoms with E-state index in [1.165, 1.54) is 0 Å². The Kier molecular flexibility index (Phi) is 1.77. The van der Waals surface area contributed by atoms with Crippen LogP contribution in [0.1, 0.15) is 16.8 Å². The third-order valence-corrected chi connectivity index (χ3v) is 2.00. The minimum Gasteiger partial charge on any atom is -0.375 e. The highest BCUT2D eigenvalue weighted by molar-refractivity contribution is 5.39. The molecular formula is C9H8N2O. The number of aromatic nitrogens is 1. The topological polar surface area (TPSA) is 45.9 Å². The Bertz CT molecular complexity index is 341. The van der Waals surface area contributed by atoms with E-state index in [0.717, 1.165) is 23.2 Å². The van der Waals surface area contributed by atoms with E-state index < -0.39 is 0 Å². The first-order valence-corrected chi connectivity index (χ1v) is 3.86. The van der Waals surface area contributed by atoms with Crippen LogP contribution in [0.15, 0.2) is 12.3 Å². The fourth-order valence-corrected chi connectivity index (χ4v) is 1.39. The second kappa shape index (κ2) is 2.92. The number of hydrogen-bond donors (Lipinski definition) is 0. The van der Waals surface area contributed by atoms with Crippen LogP contribution in [0.3, 0.4) is 0 Å². The van der Waals surface area contributed by atoms with Crippen molar-refractivity contribution in [2.24, 2.45) is 0 Å². The minimum atomic E-state index is 0.546. The molecular weight excluding hydrogens is 152 g/mol. The van der Waals surface area contributed by atoms with Crippen molar-refractivity contribution in [2.75, 3.05) is 6.61 Å². The molecule has 0 saturated heterocycles. The fourth-order valence-electron chi connectivity index (χ4n) is 1.39. The molecule has 0 amide bonds. The second-order valence-electron chi connectivity index (χ2n) is 2.70. The lowest BCUT2D eigenvalue weighted by atomic mass is 10.0. The summed E-state index contributed by atoms with van der Waals surface area (Å²) in [6, 6.07) is 3.91. The zero-order valence-electron chi connectivity index (χ0n) is 6.58. The van der Waals surface area contributed by atoms with Crippen molar-refractivity contribution in [3.05, 3.63) is 29.1 Å². The lowest BCUT2D eigenvalue weighted by Crippen LogP contribution is -2.12. The van der Waals surface area contributed by atoms with E-state index >= 15 is 0 Å². The van der Waals surface area contributed by atoms with Crippen molar-refractivity contribution in [3.63, 3.8) is 0 Å². The molecule has 60 valence electrons. The molecule has 3 heteroatoms. The molecule has 3 nitrogen and oxygen atoms in total. The van der Waals surface area contributed by atoms with E-state index in [4.69, 9.17) is 10.00 Å². The van der Waals surface area contributed by atoms with Crippen LogP contribution in [0.2, 0.25) is 0 Å². The van der Waals surface area contributed by atoms with Crippen LogP contribution in [0.5, 0.6) is 0 Å². The standard InChI is InChI=1S/C9H8N2O/c10-5-7-1-3-11-9-6-12-4-2-8(7)9/h1,3H,2,4,6H2. The highest BCUT2D eigenvalue weighted by Gasteiger charge is 2.13. The first-order valence-electron chi connectivity index (χ1n) is 3.86. The normalized spacial score (nSPS) is 14.9. The molecule has 2 rings (SSSR count). The summed E-state index contributed by atoms with van der Waals surface area (Å²) in [6.07, 6.45) is 2.47. The highest BCUT2D eigenvalue weighted by atomic mass is 16.5. The van der Waals surface area contributed by atoms with Crippen molar-refractivity contribution >= 4 is 0 Å². The SMILES string of the molecule is N#Cc1ccnc2c1CCOC2. The lowest BCUT2D eigenvalue weighted by Gasteiger charge is -2.15. The molecule has 0 spiro atoms. The van der Waals surface area contributed by atoms with Crippen molar-refractivity contribution in [3.8, 4) is 6.07 Å². The van der Waals surface area contributed by atoms with E-state index in [1.54, 1.807) is 12.3 Å². The van der Waals surface area contributed by atoms with Crippen LogP contribution in [0.25, 0.3) is 0 Å². The number of hydrogen-bond acceptors (Lipinski definition) is 3. The summed E-state index contributed by atoms with van der Waals surface area (Å²) < 4.78 is 5.22. The predicted octanol–water partition coefficient (Wildman–Crippen LogP) is 1.03. The minimum absolute atomic E-state index is 0.546. The maximum atomic E-state index is 8.78. The molecule has 0 aliphatic carbocycles.